The molecule has 1 atom stereocenters. The summed E-state index contributed by atoms with van der Waals surface area (Å²) in [5.41, 5.74) is 1.12. The van der Waals surface area contributed by atoms with E-state index in [0.29, 0.717) is 6.42 Å². The van der Waals surface area contributed by atoms with Crippen LogP contribution in [0.5, 0.6) is 0 Å². The van der Waals surface area contributed by atoms with Gasteiger partial charge in [0.05, 0.1) is 4.47 Å². The molecule has 0 saturated carbocycles. The number of pyridine rings is 1. The number of piperidine rings is 1. The van der Waals surface area contributed by atoms with Crippen LogP contribution < -0.4 is 5.32 Å². The highest BCUT2D eigenvalue weighted by molar-refractivity contribution is 9.10. The van der Waals surface area contributed by atoms with Crippen molar-refractivity contribution in [1.29, 1.82) is 0 Å². The van der Waals surface area contributed by atoms with Crippen molar-refractivity contribution in [3.05, 3.63) is 22.3 Å². The number of nitrogens with zero attached hydrogens (tertiary/aromatic N) is 2. The Kier molecular flexibility index (Phi) is 3.66. The van der Waals surface area contributed by atoms with E-state index in [4.69, 9.17) is 0 Å². The van der Waals surface area contributed by atoms with Crippen molar-refractivity contribution in [3.63, 3.8) is 0 Å². The molecule has 1 fully saturated rings. The number of hydrogen-bond acceptors (Lipinski definition) is 3. The van der Waals surface area contributed by atoms with E-state index in [9.17, 15) is 4.79 Å². The summed E-state index contributed by atoms with van der Waals surface area (Å²) in [6.45, 7) is 2.75. The predicted molar refractivity (Wildman–Crippen MR) is 71.0 cm³/mol. The molecule has 1 aromatic heterocycles. The van der Waals surface area contributed by atoms with Crippen molar-refractivity contribution in [2.24, 2.45) is 0 Å². The van der Waals surface area contributed by atoms with Gasteiger partial charge in [0.1, 0.15) is 5.82 Å². The van der Waals surface area contributed by atoms with Crippen molar-refractivity contribution in [2.75, 3.05) is 18.9 Å². The number of anilines is 1. The zero-order valence-electron chi connectivity index (χ0n) is 10.0. The highest BCUT2D eigenvalue weighted by Crippen LogP contribution is 2.23. The fourth-order valence-electron chi connectivity index (χ4n) is 1.96. The van der Waals surface area contributed by atoms with Crippen LogP contribution in [-0.4, -0.2) is 35.4 Å². The number of carbonyl (C=O) groups excluding carboxylic acids is 1. The van der Waals surface area contributed by atoms with Gasteiger partial charge in [-0.1, -0.05) is 0 Å². The van der Waals surface area contributed by atoms with Gasteiger partial charge in [0.2, 0.25) is 5.91 Å². The van der Waals surface area contributed by atoms with Crippen LogP contribution in [-0.2, 0) is 4.79 Å². The first kappa shape index (κ1) is 12.4. The monoisotopic (exact) mass is 297 g/mol. The number of amides is 1. The van der Waals surface area contributed by atoms with E-state index in [1.165, 1.54) is 0 Å². The molecule has 1 amide bonds. The molecule has 0 bridgehead atoms. The van der Waals surface area contributed by atoms with Gasteiger partial charge in [-0.05, 0) is 40.9 Å². The number of carbonyl (C=O) groups is 1. The Morgan fingerprint density at radius 1 is 1.59 bits per heavy atom. The number of rotatable bonds is 2. The van der Waals surface area contributed by atoms with E-state index in [0.717, 1.165) is 28.8 Å². The number of nitrogens with one attached hydrogen (secondary N) is 1. The number of likely N-dealkylation sites (tertiary alicyclic amines) is 1. The number of halogens is 1. The third-order valence-corrected chi connectivity index (χ3v) is 3.55. The minimum Gasteiger partial charge on any atom is -0.365 e. The summed E-state index contributed by atoms with van der Waals surface area (Å²) in [7, 11) is 1.84. The van der Waals surface area contributed by atoms with Crippen molar-refractivity contribution in [2.45, 2.75) is 25.8 Å². The second kappa shape index (κ2) is 5.04. The minimum atomic E-state index is 0.221. The lowest BCUT2D eigenvalue weighted by molar-refractivity contribution is -0.132. The first-order valence-corrected chi connectivity index (χ1v) is 6.48. The van der Waals surface area contributed by atoms with Gasteiger partial charge in [-0.2, -0.15) is 0 Å². The lowest BCUT2D eigenvalue weighted by Gasteiger charge is -2.30. The van der Waals surface area contributed by atoms with E-state index < -0.39 is 0 Å². The van der Waals surface area contributed by atoms with Crippen LogP contribution in [0, 0.1) is 6.92 Å². The van der Waals surface area contributed by atoms with Gasteiger partial charge in [0, 0.05) is 32.3 Å². The fraction of sp³-hybridized carbons (Fsp3) is 0.500. The van der Waals surface area contributed by atoms with E-state index in [2.05, 4.69) is 26.2 Å². The Bertz CT molecular complexity index is 436. The molecule has 0 aromatic carbocycles. The second-order valence-corrected chi connectivity index (χ2v) is 5.35. The van der Waals surface area contributed by atoms with E-state index >= 15 is 0 Å². The summed E-state index contributed by atoms with van der Waals surface area (Å²) in [5.74, 6) is 1.07. The van der Waals surface area contributed by atoms with Crippen LogP contribution in [0.2, 0.25) is 0 Å². The van der Waals surface area contributed by atoms with Gasteiger partial charge < -0.3 is 10.2 Å². The zero-order valence-corrected chi connectivity index (χ0v) is 11.6. The molecule has 2 rings (SSSR count). The van der Waals surface area contributed by atoms with Crippen molar-refractivity contribution < 1.29 is 4.79 Å². The molecule has 17 heavy (non-hydrogen) atoms. The van der Waals surface area contributed by atoms with Crippen LogP contribution in [0.3, 0.4) is 0 Å². The standard InChI is InChI=1S/C12H16BrN3O/c1-8-5-10(13)12(14-6-8)15-9-3-4-11(17)16(2)7-9/h5-6,9H,3-4,7H2,1-2H3,(H,14,15). The number of likely N-dealkylation sites (N-methyl/N-ethyl adjacent to an activating group) is 1. The molecule has 1 N–H and O–H groups in total. The van der Waals surface area contributed by atoms with Gasteiger partial charge >= 0.3 is 0 Å². The Hall–Kier alpha value is -1.10. The quantitative estimate of drug-likeness (QED) is 0.910. The first-order valence-electron chi connectivity index (χ1n) is 5.69. The topological polar surface area (TPSA) is 45.2 Å². The molecule has 0 radical (unpaired) electrons. The fourth-order valence-corrected chi connectivity index (χ4v) is 2.54. The van der Waals surface area contributed by atoms with Crippen LogP contribution in [0.1, 0.15) is 18.4 Å². The smallest absolute Gasteiger partial charge is 0.222 e. The molecule has 4 nitrogen and oxygen atoms in total. The number of aryl methyl sites for hydroxylation is 1. The number of hydrogen-bond donors (Lipinski definition) is 1. The normalized spacial score (nSPS) is 20.5. The second-order valence-electron chi connectivity index (χ2n) is 4.50. The molecule has 1 aliphatic rings. The van der Waals surface area contributed by atoms with Crippen LogP contribution in [0.15, 0.2) is 16.7 Å². The lowest BCUT2D eigenvalue weighted by Crippen LogP contribution is -2.43. The minimum absolute atomic E-state index is 0.221. The highest BCUT2D eigenvalue weighted by atomic mass is 79.9. The molecule has 2 heterocycles. The van der Waals surface area contributed by atoms with Gasteiger partial charge in [-0.15, -0.1) is 0 Å². The summed E-state index contributed by atoms with van der Waals surface area (Å²) in [4.78, 5) is 17.5. The zero-order chi connectivity index (χ0) is 12.4. The average molecular weight is 298 g/mol. The molecule has 1 aromatic rings. The highest BCUT2D eigenvalue weighted by Gasteiger charge is 2.23. The SMILES string of the molecule is Cc1cnc(NC2CCC(=O)N(C)C2)c(Br)c1. The lowest BCUT2D eigenvalue weighted by atomic mass is 10.1. The molecule has 1 aliphatic heterocycles. The predicted octanol–water partition coefficient (Wildman–Crippen LogP) is 2.19. The van der Waals surface area contributed by atoms with Gasteiger partial charge in [-0.25, -0.2) is 4.98 Å². The molecule has 0 spiro atoms. The summed E-state index contributed by atoms with van der Waals surface area (Å²) in [6.07, 6.45) is 3.31. The Morgan fingerprint density at radius 2 is 2.35 bits per heavy atom. The molecule has 1 unspecified atom stereocenters. The molecule has 5 heteroatoms. The molecular weight excluding hydrogens is 282 g/mol. The van der Waals surface area contributed by atoms with Crippen LogP contribution in [0.25, 0.3) is 0 Å². The van der Waals surface area contributed by atoms with Gasteiger partial charge in [0.15, 0.2) is 0 Å². The van der Waals surface area contributed by atoms with Gasteiger partial charge in [-0.3, -0.25) is 4.79 Å². The Labute approximate surface area is 110 Å². The van der Waals surface area contributed by atoms with Gasteiger partial charge in [0.25, 0.3) is 0 Å². The van der Waals surface area contributed by atoms with Crippen molar-refractivity contribution >= 4 is 27.7 Å². The van der Waals surface area contributed by atoms with E-state index in [1.807, 2.05) is 26.2 Å². The summed E-state index contributed by atoms with van der Waals surface area (Å²) in [6, 6.07) is 2.32. The maximum Gasteiger partial charge on any atom is 0.222 e. The molecular formula is C12H16BrN3O. The largest absolute Gasteiger partial charge is 0.365 e. The van der Waals surface area contributed by atoms with Crippen LogP contribution in [0.4, 0.5) is 5.82 Å². The maximum atomic E-state index is 11.4. The molecule has 0 aliphatic carbocycles. The Balaban J connectivity index is 2.03. The van der Waals surface area contributed by atoms with Crippen LogP contribution >= 0.6 is 15.9 Å². The van der Waals surface area contributed by atoms with E-state index in [1.54, 1.807) is 4.90 Å². The number of aromatic nitrogens is 1. The third-order valence-electron chi connectivity index (χ3n) is 2.95. The maximum absolute atomic E-state index is 11.4. The van der Waals surface area contributed by atoms with Crippen molar-refractivity contribution in [1.82, 2.24) is 9.88 Å². The molecule has 1 saturated heterocycles. The summed E-state index contributed by atoms with van der Waals surface area (Å²) < 4.78 is 0.969. The third kappa shape index (κ3) is 2.97. The summed E-state index contributed by atoms with van der Waals surface area (Å²) in [5, 5.41) is 3.38. The van der Waals surface area contributed by atoms with Crippen molar-refractivity contribution in [3.8, 4) is 0 Å². The van der Waals surface area contributed by atoms with E-state index in [-0.39, 0.29) is 11.9 Å². The summed E-state index contributed by atoms with van der Waals surface area (Å²) >= 11 is 3.50. The molecule has 92 valence electrons. The first-order chi connectivity index (χ1) is 8.06. The Morgan fingerprint density at radius 3 is 3.00 bits per heavy atom. The average Bonchev–Trinajstić information content (AvgIpc) is 2.27.